The average molecular weight is 338 g/mol. The molecule has 6 heteroatoms. The van der Waals surface area contributed by atoms with Crippen molar-refractivity contribution in [2.75, 3.05) is 14.2 Å². The number of para-hydroxylation sites is 1. The molecule has 24 heavy (non-hydrogen) atoms. The molecule has 0 aliphatic heterocycles. The lowest BCUT2D eigenvalue weighted by molar-refractivity contribution is 0.356. The maximum Gasteiger partial charge on any atom is 0.199 e. The van der Waals surface area contributed by atoms with Crippen LogP contribution in [0.4, 0.5) is 0 Å². The van der Waals surface area contributed by atoms with E-state index in [2.05, 4.69) is 9.97 Å². The number of pyridine rings is 1. The minimum absolute atomic E-state index is 0.0799. The highest BCUT2D eigenvalue weighted by Gasteiger charge is 2.14. The van der Waals surface area contributed by atoms with E-state index in [1.165, 1.54) is 11.3 Å². The highest BCUT2D eigenvalue weighted by Crippen LogP contribution is 2.32. The molecule has 0 bridgehead atoms. The number of rotatable bonds is 3. The monoisotopic (exact) mass is 338 g/mol. The average Bonchev–Trinajstić information content (AvgIpc) is 3.04. The van der Waals surface area contributed by atoms with Crippen molar-refractivity contribution in [3.05, 3.63) is 52.8 Å². The summed E-state index contributed by atoms with van der Waals surface area (Å²) in [6.07, 6.45) is 1.70. The molecule has 4 aromatic rings. The van der Waals surface area contributed by atoms with Crippen LogP contribution in [0.2, 0.25) is 0 Å². The predicted octanol–water partition coefficient (Wildman–Crippen LogP) is 3.82. The predicted molar refractivity (Wildman–Crippen MR) is 96.3 cm³/mol. The third-order valence-corrected chi connectivity index (χ3v) is 4.98. The maximum atomic E-state index is 12.9. The molecular formula is C18H14N2O3S. The zero-order valence-corrected chi connectivity index (χ0v) is 13.9. The Bertz CT molecular complexity index is 1080. The molecule has 4 rings (SSSR count). The maximum absolute atomic E-state index is 12.9. The molecule has 0 aliphatic carbocycles. The zero-order chi connectivity index (χ0) is 16.7. The molecule has 2 aromatic carbocycles. The molecule has 0 saturated heterocycles. The minimum atomic E-state index is -0.0799. The molecule has 5 nitrogen and oxygen atoms in total. The topological polar surface area (TPSA) is 64.2 Å². The molecule has 0 radical (unpaired) electrons. The third kappa shape index (κ3) is 2.23. The first-order valence-electron chi connectivity index (χ1n) is 7.34. The molecule has 0 atom stereocenters. The highest BCUT2D eigenvalue weighted by atomic mass is 32.1. The molecule has 0 saturated carbocycles. The number of benzene rings is 2. The number of H-pyrrole nitrogens is 1. The molecular weight excluding hydrogens is 324 g/mol. The van der Waals surface area contributed by atoms with Crippen LogP contribution in [0.3, 0.4) is 0 Å². The molecule has 0 fully saturated rings. The Morgan fingerprint density at radius 2 is 1.83 bits per heavy atom. The molecule has 0 amide bonds. The van der Waals surface area contributed by atoms with Gasteiger partial charge in [0.05, 0.1) is 40.9 Å². The molecule has 2 heterocycles. The Morgan fingerprint density at radius 1 is 1.08 bits per heavy atom. The number of nitrogens with one attached hydrogen (secondary N) is 1. The fourth-order valence-electron chi connectivity index (χ4n) is 2.69. The van der Waals surface area contributed by atoms with E-state index in [0.717, 1.165) is 10.2 Å². The van der Waals surface area contributed by atoms with Gasteiger partial charge in [0.25, 0.3) is 0 Å². The van der Waals surface area contributed by atoms with Crippen molar-refractivity contribution in [1.82, 2.24) is 9.97 Å². The molecule has 0 spiro atoms. The van der Waals surface area contributed by atoms with E-state index in [9.17, 15) is 4.79 Å². The molecule has 2 aromatic heterocycles. The summed E-state index contributed by atoms with van der Waals surface area (Å²) in [6, 6.07) is 11.3. The van der Waals surface area contributed by atoms with Gasteiger partial charge in [0.15, 0.2) is 16.9 Å². The van der Waals surface area contributed by atoms with Crippen molar-refractivity contribution in [2.45, 2.75) is 0 Å². The van der Waals surface area contributed by atoms with E-state index in [4.69, 9.17) is 9.47 Å². The van der Waals surface area contributed by atoms with Gasteiger partial charge in [-0.1, -0.05) is 12.1 Å². The van der Waals surface area contributed by atoms with Crippen LogP contribution in [0.15, 0.2) is 47.4 Å². The van der Waals surface area contributed by atoms with Gasteiger partial charge in [-0.3, -0.25) is 4.79 Å². The van der Waals surface area contributed by atoms with E-state index >= 15 is 0 Å². The van der Waals surface area contributed by atoms with E-state index < -0.39 is 0 Å². The van der Waals surface area contributed by atoms with Gasteiger partial charge in [-0.05, 0) is 18.2 Å². The quantitative estimate of drug-likeness (QED) is 0.617. The lowest BCUT2D eigenvalue weighted by Crippen LogP contribution is -2.07. The van der Waals surface area contributed by atoms with Crippen LogP contribution in [0, 0.1) is 0 Å². The van der Waals surface area contributed by atoms with Gasteiger partial charge < -0.3 is 14.5 Å². The van der Waals surface area contributed by atoms with E-state index in [1.807, 2.05) is 24.3 Å². The Labute approximate surface area is 141 Å². The van der Waals surface area contributed by atoms with Crippen LogP contribution >= 0.6 is 11.3 Å². The number of ether oxygens (including phenoxy) is 2. The fraction of sp³-hybridized carbons (Fsp3) is 0.111. The standard InChI is InChI=1S/C18H14N2O3S/c1-22-14-7-10-13(8-15(14)23-2)19-9-11(17(10)21)18-20-12-5-3-4-6-16(12)24-18/h3-9H,1-2H3,(H,19,21). The second kappa shape index (κ2) is 5.65. The van der Waals surface area contributed by atoms with Crippen LogP contribution in [0.5, 0.6) is 11.5 Å². The lowest BCUT2D eigenvalue weighted by atomic mass is 10.1. The van der Waals surface area contributed by atoms with Crippen molar-refractivity contribution < 1.29 is 9.47 Å². The van der Waals surface area contributed by atoms with Gasteiger partial charge in [-0.2, -0.15) is 0 Å². The number of methoxy groups -OCH3 is 2. The summed E-state index contributed by atoms with van der Waals surface area (Å²) in [5.41, 5.74) is 2.06. The van der Waals surface area contributed by atoms with Gasteiger partial charge in [0, 0.05) is 12.3 Å². The smallest absolute Gasteiger partial charge is 0.199 e. The SMILES string of the molecule is COc1cc2[nH]cc(-c3nc4ccccc4s3)c(=O)c2cc1OC. The third-order valence-electron chi connectivity index (χ3n) is 3.91. The molecule has 1 N–H and O–H groups in total. The van der Waals surface area contributed by atoms with Crippen molar-refractivity contribution >= 4 is 32.5 Å². The summed E-state index contributed by atoms with van der Waals surface area (Å²) < 4.78 is 11.6. The number of aromatic amines is 1. The normalized spacial score (nSPS) is 11.1. The summed E-state index contributed by atoms with van der Waals surface area (Å²) in [4.78, 5) is 20.7. The van der Waals surface area contributed by atoms with Crippen molar-refractivity contribution in [3.63, 3.8) is 0 Å². The van der Waals surface area contributed by atoms with Gasteiger partial charge in [-0.15, -0.1) is 11.3 Å². The van der Waals surface area contributed by atoms with Crippen molar-refractivity contribution in [3.8, 4) is 22.1 Å². The lowest BCUT2D eigenvalue weighted by Gasteiger charge is -2.09. The summed E-state index contributed by atoms with van der Waals surface area (Å²) >= 11 is 1.50. The second-order valence-electron chi connectivity index (χ2n) is 5.27. The summed E-state index contributed by atoms with van der Waals surface area (Å²) in [7, 11) is 3.12. The van der Waals surface area contributed by atoms with Crippen LogP contribution in [-0.2, 0) is 0 Å². The summed E-state index contributed by atoms with van der Waals surface area (Å²) in [5, 5.41) is 1.25. The first kappa shape index (κ1) is 14.7. The Kier molecular flexibility index (Phi) is 3.46. The van der Waals surface area contributed by atoms with Crippen molar-refractivity contribution in [2.24, 2.45) is 0 Å². The van der Waals surface area contributed by atoms with E-state index in [1.54, 1.807) is 32.5 Å². The Balaban J connectivity index is 1.96. The van der Waals surface area contributed by atoms with Crippen LogP contribution < -0.4 is 14.9 Å². The largest absolute Gasteiger partial charge is 0.493 e. The molecule has 0 aliphatic rings. The molecule has 0 unspecified atom stereocenters. The number of aromatic nitrogens is 2. The van der Waals surface area contributed by atoms with E-state index in [0.29, 0.717) is 33.0 Å². The van der Waals surface area contributed by atoms with Crippen LogP contribution in [0.25, 0.3) is 31.7 Å². The van der Waals surface area contributed by atoms with Gasteiger partial charge in [-0.25, -0.2) is 4.98 Å². The summed E-state index contributed by atoms with van der Waals surface area (Å²) in [6.45, 7) is 0. The molecule has 120 valence electrons. The number of hydrogen-bond acceptors (Lipinski definition) is 5. The van der Waals surface area contributed by atoms with Gasteiger partial charge in [0.1, 0.15) is 5.01 Å². The Hall–Kier alpha value is -2.86. The number of hydrogen-bond donors (Lipinski definition) is 1. The second-order valence-corrected chi connectivity index (χ2v) is 6.30. The van der Waals surface area contributed by atoms with Crippen LogP contribution in [0.1, 0.15) is 0 Å². The first-order chi connectivity index (χ1) is 11.7. The van der Waals surface area contributed by atoms with Crippen LogP contribution in [-0.4, -0.2) is 24.2 Å². The van der Waals surface area contributed by atoms with Crippen molar-refractivity contribution in [1.29, 1.82) is 0 Å². The van der Waals surface area contributed by atoms with Gasteiger partial charge >= 0.3 is 0 Å². The van der Waals surface area contributed by atoms with Gasteiger partial charge in [0.2, 0.25) is 0 Å². The number of thiazole rings is 1. The number of nitrogens with zero attached hydrogens (tertiary/aromatic N) is 1. The summed E-state index contributed by atoms with van der Waals surface area (Å²) in [5.74, 6) is 1.10. The van der Waals surface area contributed by atoms with E-state index in [-0.39, 0.29) is 5.43 Å². The number of fused-ring (bicyclic) bond motifs is 2. The Morgan fingerprint density at radius 3 is 2.58 bits per heavy atom. The first-order valence-corrected chi connectivity index (χ1v) is 8.16. The fourth-order valence-corrected chi connectivity index (χ4v) is 3.67. The zero-order valence-electron chi connectivity index (χ0n) is 13.1. The minimum Gasteiger partial charge on any atom is -0.493 e. The highest BCUT2D eigenvalue weighted by molar-refractivity contribution is 7.21.